The summed E-state index contributed by atoms with van der Waals surface area (Å²) in [6.07, 6.45) is 6.04. The van der Waals surface area contributed by atoms with Crippen molar-refractivity contribution in [2.24, 2.45) is 11.8 Å². The van der Waals surface area contributed by atoms with Crippen LogP contribution < -0.4 is 5.32 Å². The van der Waals surface area contributed by atoms with Gasteiger partial charge in [0.2, 0.25) is 0 Å². The molecule has 0 bridgehead atoms. The Bertz CT molecular complexity index is 376. The number of urea groups is 1. The van der Waals surface area contributed by atoms with Crippen molar-refractivity contribution in [3.63, 3.8) is 0 Å². The van der Waals surface area contributed by atoms with E-state index < -0.39 is 0 Å². The number of nitrogens with zero attached hydrogens (tertiary/aromatic N) is 1. The van der Waals surface area contributed by atoms with Gasteiger partial charge in [0.05, 0.1) is 12.1 Å². The fraction of sp³-hybridized carbons (Fsp3) is 0.941. The number of rotatable bonds is 4. The van der Waals surface area contributed by atoms with E-state index in [1.807, 2.05) is 4.90 Å². The number of hydrogen-bond donors (Lipinski definition) is 1. The predicted octanol–water partition coefficient (Wildman–Crippen LogP) is 2.40. The van der Waals surface area contributed by atoms with Crippen LogP contribution in [0.15, 0.2) is 0 Å². The molecular weight excluding hydrogens is 280 g/mol. The molecule has 0 spiro atoms. The normalized spacial score (nSPS) is 31.1. The number of piperidine rings is 1. The third kappa shape index (κ3) is 3.74. The van der Waals surface area contributed by atoms with Gasteiger partial charge in [-0.05, 0) is 43.9 Å². The van der Waals surface area contributed by atoms with Crippen molar-refractivity contribution in [1.29, 1.82) is 0 Å². The first-order valence-electron chi connectivity index (χ1n) is 8.95. The first-order valence-corrected chi connectivity index (χ1v) is 8.95. The molecule has 3 atom stereocenters. The van der Waals surface area contributed by atoms with Crippen LogP contribution in [0.25, 0.3) is 0 Å². The molecule has 0 aromatic heterocycles. The minimum absolute atomic E-state index is 0.106. The molecule has 3 aliphatic heterocycles. The first-order chi connectivity index (χ1) is 10.7. The third-order valence-corrected chi connectivity index (χ3v) is 5.28. The summed E-state index contributed by atoms with van der Waals surface area (Å²) in [7, 11) is 0. The Morgan fingerprint density at radius 3 is 2.36 bits per heavy atom. The van der Waals surface area contributed by atoms with E-state index in [9.17, 15) is 4.79 Å². The first kappa shape index (κ1) is 16.1. The summed E-state index contributed by atoms with van der Waals surface area (Å²) in [5, 5.41) is 3.31. The number of carbonyl (C=O) groups is 1. The maximum absolute atomic E-state index is 12.6. The lowest BCUT2D eigenvalue weighted by molar-refractivity contribution is 0.0497. The average Bonchev–Trinajstić information content (AvgIpc) is 3.34. The molecule has 126 valence electrons. The second kappa shape index (κ2) is 7.18. The summed E-state index contributed by atoms with van der Waals surface area (Å²) in [4.78, 5) is 14.6. The molecule has 5 heteroatoms. The lowest BCUT2D eigenvalue weighted by Gasteiger charge is -2.33. The average molecular weight is 310 g/mol. The molecule has 3 heterocycles. The van der Waals surface area contributed by atoms with Crippen molar-refractivity contribution < 1.29 is 14.3 Å². The maximum Gasteiger partial charge on any atom is 0.317 e. The van der Waals surface area contributed by atoms with Crippen molar-refractivity contribution in [2.75, 3.05) is 26.3 Å². The molecule has 0 aliphatic carbocycles. The van der Waals surface area contributed by atoms with Crippen molar-refractivity contribution in [3.05, 3.63) is 0 Å². The summed E-state index contributed by atoms with van der Waals surface area (Å²) in [6.45, 7) is 7.78. The third-order valence-electron chi connectivity index (χ3n) is 5.28. The fourth-order valence-corrected chi connectivity index (χ4v) is 3.84. The van der Waals surface area contributed by atoms with Crippen LogP contribution in [0.3, 0.4) is 0 Å². The van der Waals surface area contributed by atoms with Crippen LogP contribution in [0.2, 0.25) is 0 Å². The van der Waals surface area contributed by atoms with Gasteiger partial charge in [0, 0.05) is 26.3 Å². The topological polar surface area (TPSA) is 54.1 Å². The van der Waals surface area contributed by atoms with Gasteiger partial charge in [-0.3, -0.25) is 0 Å². The van der Waals surface area contributed by atoms with Gasteiger partial charge in [-0.25, -0.2) is 4.79 Å². The SMILES string of the molecule is CC(C)C1O[C@H]1[C@@H](NC(=O)N1CCCCC1)C1CCOCC1. The number of carbonyl (C=O) groups excluding carboxylic acids is 1. The molecule has 0 radical (unpaired) electrons. The van der Waals surface area contributed by atoms with Crippen LogP contribution in [-0.4, -0.2) is 55.5 Å². The van der Waals surface area contributed by atoms with Gasteiger partial charge >= 0.3 is 6.03 Å². The van der Waals surface area contributed by atoms with Crippen LogP contribution in [0.5, 0.6) is 0 Å². The molecule has 3 aliphatic rings. The number of nitrogens with one attached hydrogen (secondary N) is 1. The van der Waals surface area contributed by atoms with E-state index in [0.29, 0.717) is 17.9 Å². The molecule has 3 fully saturated rings. The van der Waals surface area contributed by atoms with Gasteiger partial charge in [-0.15, -0.1) is 0 Å². The van der Waals surface area contributed by atoms with Crippen LogP contribution >= 0.6 is 0 Å². The number of likely N-dealkylation sites (tertiary alicyclic amines) is 1. The van der Waals surface area contributed by atoms with Crippen molar-refractivity contribution in [2.45, 2.75) is 64.2 Å². The highest BCUT2D eigenvalue weighted by Crippen LogP contribution is 2.37. The largest absolute Gasteiger partial charge is 0.381 e. The second-order valence-corrected chi connectivity index (χ2v) is 7.28. The Balaban J connectivity index is 1.61. The van der Waals surface area contributed by atoms with Crippen LogP contribution in [0.4, 0.5) is 4.79 Å². The minimum Gasteiger partial charge on any atom is -0.381 e. The number of hydrogen-bond acceptors (Lipinski definition) is 3. The van der Waals surface area contributed by atoms with Crippen molar-refractivity contribution in [3.8, 4) is 0 Å². The Morgan fingerprint density at radius 1 is 1.09 bits per heavy atom. The zero-order valence-electron chi connectivity index (χ0n) is 13.9. The van der Waals surface area contributed by atoms with E-state index in [1.165, 1.54) is 6.42 Å². The van der Waals surface area contributed by atoms with E-state index >= 15 is 0 Å². The zero-order chi connectivity index (χ0) is 15.5. The number of amides is 2. The highest BCUT2D eigenvalue weighted by atomic mass is 16.6. The molecule has 0 aromatic rings. The predicted molar refractivity (Wildman–Crippen MR) is 84.8 cm³/mol. The Morgan fingerprint density at radius 2 is 1.77 bits per heavy atom. The lowest BCUT2D eigenvalue weighted by atomic mass is 9.87. The Labute approximate surface area is 133 Å². The summed E-state index contributed by atoms with van der Waals surface area (Å²) in [6, 6.07) is 0.250. The van der Waals surface area contributed by atoms with Gasteiger partial charge in [0.25, 0.3) is 0 Å². The maximum atomic E-state index is 12.6. The fourth-order valence-electron chi connectivity index (χ4n) is 3.84. The van der Waals surface area contributed by atoms with Gasteiger partial charge in [0.15, 0.2) is 0 Å². The van der Waals surface area contributed by atoms with E-state index in [-0.39, 0.29) is 18.2 Å². The molecule has 3 saturated heterocycles. The zero-order valence-corrected chi connectivity index (χ0v) is 13.9. The summed E-state index contributed by atoms with van der Waals surface area (Å²) in [5.41, 5.74) is 0. The van der Waals surface area contributed by atoms with E-state index in [4.69, 9.17) is 9.47 Å². The van der Waals surface area contributed by atoms with Crippen LogP contribution in [-0.2, 0) is 9.47 Å². The summed E-state index contributed by atoms with van der Waals surface area (Å²) >= 11 is 0. The van der Waals surface area contributed by atoms with Gasteiger partial charge < -0.3 is 19.7 Å². The van der Waals surface area contributed by atoms with Gasteiger partial charge in [-0.2, -0.15) is 0 Å². The quantitative estimate of drug-likeness (QED) is 0.811. The van der Waals surface area contributed by atoms with Crippen molar-refractivity contribution >= 4 is 6.03 Å². The molecule has 3 rings (SSSR count). The number of epoxide rings is 1. The highest BCUT2D eigenvalue weighted by Gasteiger charge is 2.50. The smallest absolute Gasteiger partial charge is 0.317 e. The standard InChI is InChI=1S/C17H30N2O3/c1-12(2)15-16(22-15)14(13-6-10-21-11-7-13)18-17(20)19-8-4-3-5-9-19/h12-16H,3-11H2,1-2H3,(H,18,20)/t14-,15?,16-/m0/s1. The van der Waals surface area contributed by atoms with Crippen molar-refractivity contribution in [1.82, 2.24) is 10.2 Å². The monoisotopic (exact) mass is 310 g/mol. The van der Waals surface area contributed by atoms with Gasteiger partial charge in [0.1, 0.15) is 6.10 Å². The van der Waals surface area contributed by atoms with Crippen LogP contribution in [0, 0.1) is 11.8 Å². The molecule has 2 amide bonds. The summed E-state index contributed by atoms with van der Waals surface area (Å²) in [5.74, 6) is 0.996. The number of ether oxygens (including phenoxy) is 2. The lowest BCUT2D eigenvalue weighted by Crippen LogP contribution is -2.52. The van der Waals surface area contributed by atoms with E-state index in [0.717, 1.165) is 52.0 Å². The van der Waals surface area contributed by atoms with E-state index in [2.05, 4.69) is 19.2 Å². The molecule has 1 unspecified atom stereocenters. The molecule has 5 nitrogen and oxygen atoms in total. The molecule has 0 aromatic carbocycles. The Kier molecular flexibility index (Phi) is 5.24. The summed E-state index contributed by atoms with van der Waals surface area (Å²) < 4.78 is 11.4. The molecule has 1 N–H and O–H groups in total. The molecule has 22 heavy (non-hydrogen) atoms. The molecule has 0 saturated carbocycles. The van der Waals surface area contributed by atoms with Gasteiger partial charge in [-0.1, -0.05) is 13.8 Å². The minimum atomic E-state index is 0.106. The molecular formula is C17H30N2O3. The highest BCUT2D eigenvalue weighted by molar-refractivity contribution is 5.74. The van der Waals surface area contributed by atoms with Crippen LogP contribution in [0.1, 0.15) is 46.0 Å². The Hall–Kier alpha value is -0.810. The second-order valence-electron chi connectivity index (χ2n) is 7.28. The van der Waals surface area contributed by atoms with E-state index in [1.54, 1.807) is 0 Å².